The highest BCUT2D eigenvalue weighted by Crippen LogP contribution is 2.26. The van der Waals surface area contributed by atoms with Crippen molar-refractivity contribution in [3.8, 4) is 0 Å². The Hall–Kier alpha value is -1.53. The summed E-state index contributed by atoms with van der Waals surface area (Å²) >= 11 is 2.05. The molecule has 130 valence electrons. The first-order chi connectivity index (χ1) is 11.7. The van der Waals surface area contributed by atoms with E-state index < -0.39 is 11.8 Å². The SMILES string of the molecule is O=C(NCC1CCN([C@H]2CCSC2)CC1)C(=O)Nc1ccccc1. The number of amides is 2. The molecule has 2 fully saturated rings. The normalized spacial score (nSPS) is 22.2. The number of carbonyl (C=O) groups excluding carboxylic acids is 2. The molecule has 2 heterocycles. The van der Waals surface area contributed by atoms with Crippen LogP contribution >= 0.6 is 11.8 Å². The fraction of sp³-hybridized carbons (Fsp3) is 0.556. The zero-order chi connectivity index (χ0) is 16.8. The molecule has 0 aliphatic carbocycles. The number of likely N-dealkylation sites (tertiary alicyclic amines) is 1. The molecule has 1 atom stereocenters. The fourth-order valence-electron chi connectivity index (χ4n) is 3.36. The third-order valence-corrected chi connectivity index (χ3v) is 6.01. The third-order valence-electron chi connectivity index (χ3n) is 4.86. The maximum absolute atomic E-state index is 11.9. The minimum Gasteiger partial charge on any atom is -0.348 e. The summed E-state index contributed by atoms with van der Waals surface area (Å²) in [6.07, 6.45) is 3.51. The van der Waals surface area contributed by atoms with Crippen molar-refractivity contribution in [3.05, 3.63) is 30.3 Å². The van der Waals surface area contributed by atoms with Gasteiger partial charge in [0.1, 0.15) is 0 Å². The van der Waals surface area contributed by atoms with Gasteiger partial charge in [-0.15, -0.1) is 0 Å². The monoisotopic (exact) mass is 347 g/mol. The van der Waals surface area contributed by atoms with Crippen LogP contribution in [0.1, 0.15) is 19.3 Å². The van der Waals surface area contributed by atoms with Crippen molar-refractivity contribution in [1.82, 2.24) is 10.2 Å². The maximum atomic E-state index is 11.9. The molecule has 0 aromatic heterocycles. The molecule has 1 aromatic rings. The van der Waals surface area contributed by atoms with Crippen LogP contribution < -0.4 is 10.6 Å². The second kappa shape index (κ2) is 8.53. The Kier molecular flexibility index (Phi) is 6.15. The number of rotatable bonds is 4. The van der Waals surface area contributed by atoms with Crippen LogP contribution in [-0.4, -0.2) is 53.9 Å². The van der Waals surface area contributed by atoms with Crippen LogP contribution in [0.2, 0.25) is 0 Å². The number of carbonyl (C=O) groups is 2. The van der Waals surface area contributed by atoms with Gasteiger partial charge >= 0.3 is 11.8 Å². The standard InChI is InChI=1S/C18H25N3O2S/c22-17(18(23)20-15-4-2-1-3-5-15)19-12-14-6-9-21(10-7-14)16-8-11-24-13-16/h1-5,14,16H,6-13H2,(H,19,22)(H,20,23)/t16-/m0/s1. The van der Waals surface area contributed by atoms with Crippen LogP contribution in [0.15, 0.2) is 30.3 Å². The number of piperidine rings is 1. The van der Waals surface area contributed by atoms with Crippen molar-refractivity contribution in [2.24, 2.45) is 5.92 Å². The van der Waals surface area contributed by atoms with Gasteiger partial charge in [-0.25, -0.2) is 0 Å². The lowest BCUT2D eigenvalue weighted by atomic mass is 9.95. The first-order valence-electron chi connectivity index (χ1n) is 8.68. The average molecular weight is 347 g/mol. The highest BCUT2D eigenvalue weighted by atomic mass is 32.2. The topological polar surface area (TPSA) is 61.4 Å². The first-order valence-corrected chi connectivity index (χ1v) is 9.84. The highest BCUT2D eigenvalue weighted by Gasteiger charge is 2.27. The molecule has 2 amide bonds. The molecule has 2 aliphatic heterocycles. The molecule has 0 radical (unpaired) electrons. The molecule has 24 heavy (non-hydrogen) atoms. The van der Waals surface area contributed by atoms with E-state index in [-0.39, 0.29) is 0 Å². The van der Waals surface area contributed by atoms with Gasteiger partial charge in [0, 0.05) is 24.0 Å². The maximum Gasteiger partial charge on any atom is 0.313 e. The predicted molar refractivity (Wildman–Crippen MR) is 98.1 cm³/mol. The van der Waals surface area contributed by atoms with Crippen LogP contribution in [0.3, 0.4) is 0 Å². The van der Waals surface area contributed by atoms with E-state index in [0.29, 0.717) is 18.2 Å². The van der Waals surface area contributed by atoms with Crippen LogP contribution in [0, 0.1) is 5.92 Å². The van der Waals surface area contributed by atoms with E-state index in [9.17, 15) is 9.59 Å². The zero-order valence-electron chi connectivity index (χ0n) is 13.9. The molecule has 2 aliphatic rings. The van der Waals surface area contributed by atoms with Gasteiger partial charge in [-0.1, -0.05) is 18.2 Å². The summed E-state index contributed by atoms with van der Waals surface area (Å²) in [5.41, 5.74) is 0.639. The minimum absolute atomic E-state index is 0.476. The van der Waals surface area contributed by atoms with Gasteiger partial charge in [-0.2, -0.15) is 11.8 Å². The van der Waals surface area contributed by atoms with Crippen LogP contribution in [0.25, 0.3) is 0 Å². The van der Waals surface area contributed by atoms with Crippen LogP contribution in [0.4, 0.5) is 5.69 Å². The van der Waals surface area contributed by atoms with Crippen molar-refractivity contribution < 1.29 is 9.59 Å². The molecular weight excluding hydrogens is 322 g/mol. The van der Waals surface area contributed by atoms with Crippen LogP contribution in [0.5, 0.6) is 0 Å². The quantitative estimate of drug-likeness (QED) is 0.818. The molecule has 6 heteroatoms. The van der Waals surface area contributed by atoms with E-state index in [1.54, 1.807) is 12.1 Å². The Morgan fingerprint density at radius 1 is 1.08 bits per heavy atom. The third kappa shape index (κ3) is 4.74. The lowest BCUT2D eigenvalue weighted by Crippen LogP contribution is -2.45. The summed E-state index contributed by atoms with van der Waals surface area (Å²) in [6.45, 7) is 2.82. The Balaban J connectivity index is 1.36. The molecule has 2 saturated heterocycles. The molecule has 5 nitrogen and oxygen atoms in total. The van der Waals surface area contributed by atoms with Gasteiger partial charge in [0.15, 0.2) is 0 Å². The van der Waals surface area contributed by atoms with Crippen molar-refractivity contribution in [2.75, 3.05) is 36.5 Å². The lowest BCUT2D eigenvalue weighted by Gasteiger charge is -2.35. The molecule has 1 aromatic carbocycles. The number of hydrogen-bond acceptors (Lipinski definition) is 4. The molecular formula is C18H25N3O2S. The van der Waals surface area contributed by atoms with Gasteiger partial charge in [0.25, 0.3) is 0 Å². The van der Waals surface area contributed by atoms with E-state index in [2.05, 4.69) is 27.3 Å². The summed E-state index contributed by atoms with van der Waals surface area (Å²) in [5, 5.41) is 5.40. The lowest BCUT2D eigenvalue weighted by molar-refractivity contribution is -0.136. The molecule has 0 bridgehead atoms. The zero-order valence-corrected chi connectivity index (χ0v) is 14.7. The number of nitrogens with one attached hydrogen (secondary N) is 2. The number of anilines is 1. The Morgan fingerprint density at radius 3 is 2.50 bits per heavy atom. The van der Waals surface area contributed by atoms with Gasteiger partial charge < -0.3 is 10.6 Å². The molecule has 2 N–H and O–H groups in total. The number of benzene rings is 1. The fourth-order valence-corrected chi connectivity index (χ4v) is 4.61. The number of nitrogens with zero attached hydrogens (tertiary/aromatic N) is 1. The Bertz CT molecular complexity index is 553. The largest absolute Gasteiger partial charge is 0.348 e. The number of para-hydroxylation sites is 1. The van der Waals surface area contributed by atoms with E-state index >= 15 is 0 Å². The van der Waals surface area contributed by atoms with E-state index in [1.807, 2.05) is 18.2 Å². The summed E-state index contributed by atoms with van der Waals surface area (Å²) < 4.78 is 0. The van der Waals surface area contributed by atoms with E-state index in [0.717, 1.165) is 32.0 Å². The van der Waals surface area contributed by atoms with E-state index in [4.69, 9.17) is 0 Å². The summed E-state index contributed by atoms with van der Waals surface area (Å²) in [5.74, 6) is 1.89. The van der Waals surface area contributed by atoms with E-state index in [1.165, 1.54) is 17.9 Å². The van der Waals surface area contributed by atoms with Crippen molar-refractivity contribution in [1.29, 1.82) is 0 Å². The number of hydrogen-bond donors (Lipinski definition) is 2. The van der Waals surface area contributed by atoms with Gasteiger partial charge in [0.2, 0.25) is 0 Å². The van der Waals surface area contributed by atoms with Crippen molar-refractivity contribution >= 4 is 29.3 Å². The average Bonchev–Trinajstić information content (AvgIpc) is 3.15. The number of thioether (sulfide) groups is 1. The van der Waals surface area contributed by atoms with Crippen molar-refractivity contribution in [3.63, 3.8) is 0 Å². The second-order valence-corrected chi connectivity index (χ2v) is 7.68. The van der Waals surface area contributed by atoms with Gasteiger partial charge in [0.05, 0.1) is 0 Å². The minimum atomic E-state index is -0.596. The predicted octanol–water partition coefficient (Wildman–Crippen LogP) is 1.96. The first kappa shape index (κ1) is 17.3. The molecule has 0 spiro atoms. The van der Waals surface area contributed by atoms with Gasteiger partial charge in [-0.3, -0.25) is 14.5 Å². The highest BCUT2D eigenvalue weighted by molar-refractivity contribution is 7.99. The molecule has 3 rings (SSSR count). The summed E-state index contributed by atoms with van der Waals surface area (Å²) in [4.78, 5) is 26.4. The smallest absolute Gasteiger partial charge is 0.313 e. The Labute approximate surface area is 147 Å². The Morgan fingerprint density at radius 2 is 1.83 bits per heavy atom. The van der Waals surface area contributed by atoms with Crippen LogP contribution in [-0.2, 0) is 9.59 Å². The van der Waals surface area contributed by atoms with Crippen molar-refractivity contribution in [2.45, 2.75) is 25.3 Å². The second-order valence-electron chi connectivity index (χ2n) is 6.53. The summed E-state index contributed by atoms with van der Waals surface area (Å²) in [6, 6.07) is 9.80. The summed E-state index contributed by atoms with van der Waals surface area (Å²) in [7, 11) is 0. The molecule has 0 unspecified atom stereocenters. The van der Waals surface area contributed by atoms with Gasteiger partial charge in [-0.05, 0) is 56.2 Å². The molecule has 0 saturated carbocycles.